The number of benzene rings is 1. The van der Waals surface area contributed by atoms with Gasteiger partial charge in [-0.3, -0.25) is 0 Å². The Morgan fingerprint density at radius 2 is 2.28 bits per heavy atom. The molecule has 1 aliphatic heterocycles. The molecule has 0 aliphatic carbocycles. The molecule has 0 bridgehead atoms. The quantitative estimate of drug-likeness (QED) is 0.800. The fourth-order valence-electron chi connectivity index (χ4n) is 2.29. The Balaban J connectivity index is 1.97. The van der Waals surface area contributed by atoms with E-state index in [1.165, 1.54) is 0 Å². The lowest BCUT2D eigenvalue weighted by Crippen LogP contribution is -2.49. The predicted octanol–water partition coefficient (Wildman–Crippen LogP) is 2.82. The van der Waals surface area contributed by atoms with Crippen molar-refractivity contribution < 1.29 is 9.26 Å². The van der Waals surface area contributed by atoms with Gasteiger partial charge < -0.3 is 14.2 Å². The van der Waals surface area contributed by atoms with E-state index in [0.717, 1.165) is 35.3 Å². The molecule has 1 aliphatic rings. The van der Waals surface area contributed by atoms with Gasteiger partial charge in [0.25, 0.3) is 0 Å². The molecule has 3 rings (SSSR count). The molecule has 1 fully saturated rings. The van der Waals surface area contributed by atoms with E-state index in [1.54, 1.807) is 0 Å². The minimum atomic E-state index is 0.205. The third-order valence-corrected chi connectivity index (χ3v) is 4.03. The van der Waals surface area contributed by atoms with Gasteiger partial charge in [0.1, 0.15) is 0 Å². The van der Waals surface area contributed by atoms with Crippen LogP contribution in [0.4, 0.5) is 5.82 Å². The summed E-state index contributed by atoms with van der Waals surface area (Å²) in [4.78, 5) is 2.27. The van der Waals surface area contributed by atoms with Crippen molar-refractivity contribution >= 4 is 32.7 Å². The van der Waals surface area contributed by atoms with Gasteiger partial charge in [0.2, 0.25) is 0 Å². The zero-order chi connectivity index (χ0) is 12.5. The SMILES string of the molecule is CC1COC(CBr)CN1c1noc2ccccc12. The molecule has 1 saturated heterocycles. The van der Waals surface area contributed by atoms with Crippen LogP contribution >= 0.6 is 15.9 Å². The van der Waals surface area contributed by atoms with Crippen LogP contribution in [-0.4, -0.2) is 35.8 Å². The molecule has 96 valence electrons. The number of alkyl halides is 1. The van der Waals surface area contributed by atoms with Crippen LogP contribution in [0.5, 0.6) is 0 Å². The molecule has 1 aromatic carbocycles. The summed E-state index contributed by atoms with van der Waals surface area (Å²) in [7, 11) is 0. The molecule has 0 spiro atoms. The highest BCUT2D eigenvalue weighted by atomic mass is 79.9. The lowest BCUT2D eigenvalue weighted by molar-refractivity contribution is 0.0375. The fourth-order valence-corrected chi connectivity index (χ4v) is 2.68. The van der Waals surface area contributed by atoms with Crippen LogP contribution in [0, 0.1) is 0 Å². The topological polar surface area (TPSA) is 38.5 Å². The normalized spacial score (nSPS) is 24.7. The van der Waals surface area contributed by atoms with Gasteiger partial charge in [0, 0.05) is 11.9 Å². The summed E-state index contributed by atoms with van der Waals surface area (Å²) in [6, 6.07) is 8.27. The van der Waals surface area contributed by atoms with E-state index >= 15 is 0 Å². The highest BCUT2D eigenvalue weighted by Crippen LogP contribution is 2.29. The van der Waals surface area contributed by atoms with Crippen molar-refractivity contribution in [2.45, 2.75) is 19.1 Å². The zero-order valence-electron chi connectivity index (χ0n) is 10.2. The number of fused-ring (bicyclic) bond motifs is 1. The third-order valence-electron chi connectivity index (χ3n) is 3.31. The van der Waals surface area contributed by atoms with E-state index in [-0.39, 0.29) is 6.10 Å². The molecular formula is C13H15BrN2O2. The highest BCUT2D eigenvalue weighted by molar-refractivity contribution is 9.09. The maximum atomic E-state index is 5.73. The average Bonchev–Trinajstić information content (AvgIpc) is 2.83. The van der Waals surface area contributed by atoms with Crippen LogP contribution in [0.15, 0.2) is 28.8 Å². The Morgan fingerprint density at radius 1 is 1.44 bits per heavy atom. The molecule has 0 saturated carbocycles. The maximum absolute atomic E-state index is 5.73. The number of halogens is 1. The molecule has 2 aromatic rings. The minimum Gasteiger partial charge on any atom is -0.373 e. The van der Waals surface area contributed by atoms with Crippen molar-refractivity contribution in [3.63, 3.8) is 0 Å². The van der Waals surface area contributed by atoms with Gasteiger partial charge in [-0.15, -0.1) is 0 Å². The van der Waals surface area contributed by atoms with E-state index in [9.17, 15) is 0 Å². The van der Waals surface area contributed by atoms with Crippen LogP contribution < -0.4 is 4.90 Å². The molecule has 1 aromatic heterocycles. The van der Waals surface area contributed by atoms with Gasteiger partial charge in [-0.25, -0.2) is 0 Å². The second-order valence-corrected chi connectivity index (χ2v) is 5.26. The second kappa shape index (κ2) is 4.90. The molecule has 0 amide bonds. The second-order valence-electron chi connectivity index (χ2n) is 4.61. The first-order valence-corrected chi connectivity index (χ1v) is 7.20. The number of hydrogen-bond donors (Lipinski definition) is 0. The summed E-state index contributed by atoms with van der Waals surface area (Å²) >= 11 is 3.48. The summed E-state index contributed by atoms with van der Waals surface area (Å²) in [5.41, 5.74) is 0.835. The lowest BCUT2D eigenvalue weighted by atomic mass is 10.2. The van der Waals surface area contributed by atoms with Crippen molar-refractivity contribution in [2.75, 3.05) is 23.4 Å². The first-order chi connectivity index (χ1) is 8.79. The smallest absolute Gasteiger partial charge is 0.180 e. The van der Waals surface area contributed by atoms with E-state index in [2.05, 4.69) is 32.9 Å². The highest BCUT2D eigenvalue weighted by Gasteiger charge is 2.28. The lowest BCUT2D eigenvalue weighted by Gasteiger charge is -2.37. The number of para-hydroxylation sites is 1. The molecule has 4 nitrogen and oxygen atoms in total. The zero-order valence-corrected chi connectivity index (χ0v) is 11.8. The Labute approximate surface area is 114 Å². The first kappa shape index (κ1) is 12.0. The van der Waals surface area contributed by atoms with Gasteiger partial charge in [-0.2, -0.15) is 0 Å². The van der Waals surface area contributed by atoms with Crippen molar-refractivity contribution in [3.8, 4) is 0 Å². The minimum absolute atomic E-state index is 0.205. The van der Waals surface area contributed by atoms with E-state index < -0.39 is 0 Å². The van der Waals surface area contributed by atoms with Gasteiger partial charge in [-0.1, -0.05) is 33.2 Å². The van der Waals surface area contributed by atoms with Gasteiger partial charge in [0.15, 0.2) is 11.4 Å². The van der Waals surface area contributed by atoms with Crippen molar-refractivity contribution in [2.24, 2.45) is 0 Å². The van der Waals surface area contributed by atoms with E-state index in [1.807, 2.05) is 24.3 Å². The van der Waals surface area contributed by atoms with Crippen LogP contribution in [0.1, 0.15) is 6.92 Å². The number of rotatable bonds is 2. The van der Waals surface area contributed by atoms with Crippen molar-refractivity contribution in [3.05, 3.63) is 24.3 Å². The molecule has 2 heterocycles. The number of morpholine rings is 1. The van der Waals surface area contributed by atoms with Crippen LogP contribution in [0.2, 0.25) is 0 Å². The van der Waals surface area contributed by atoms with E-state index in [4.69, 9.17) is 9.26 Å². The van der Waals surface area contributed by atoms with Crippen molar-refractivity contribution in [1.29, 1.82) is 0 Å². The standard InChI is InChI=1S/C13H15BrN2O2/c1-9-8-17-10(6-14)7-16(9)13-11-4-2-3-5-12(11)18-15-13/h2-5,9-10H,6-8H2,1H3. The van der Waals surface area contributed by atoms with Crippen LogP contribution in [-0.2, 0) is 4.74 Å². The van der Waals surface area contributed by atoms with E-state index in [0.29, 0.717) is 6.04 Å². The van der Waals surface area contributed by atoms with Crippen LogP contribution in [0.25, 0.3) is 11.0 Å². The van der Waals surface area contributed by atoms with Gasteiger partial charge in [0.05, 0.1) is 24.1 Å². The Bertz CT molecular complexity index is 543. The monoisotopic (exact) mass is 310 g/mol. The van der Waals surface area contributed by atoms with Crippen molar-refractivity contribution in [1.82, 2.24) is 5.16 Å². The summed E-state index contributed by atoms with van der Waals surface area (Å²) in [5.74, 6) is 0.923. The number of ether oxygens (including phenoxy) is 1. The Kier molecular flexibility index (Phi) is 3.26. The third kappa shape index (κ3) is 2.01. The first-order valence-electron chi connectivity index (χ1n) is 6.08. The molecule has 5 heteroatoms. The van der Waals surface area contributed by atoms with Crippen LogP contribution in [0.3, 0.4) is 0 Å². The number of aromatic nitrogens is 1. The molecule has 2 atom stereocenters. The number of hydrogen-bond acceptors (Lipinski definition) is 4. The molecule has 18 heavy (non-hydrogen) atoms. The predicted molar refractivity (Wildman–Crippen MR) is 74.4 cm³/mol. The molecule has 0 N–H and O–H groups in total. The fraction of sp³-hybridized carbons (Fsp3) is 0.462. The molecule has 0 radical (unpaired) electrons. The summed E-state index contributed by atoms with van der Waals surface area (Å²) in [6.07, 6.45) is 0.205. The van der Waals surface area contributed by atoms with Gasteiger partial charge in [-0.05, 0) is 19.1 Å². The number of anilines is 1. The average molecular weight is 311 g/mol. The summed E-state index contributed by atoms with van der Waals surface area (Å²) < 4.78 is 11.1. The molecule has 2 unspecified atom stereocenters. The summed E-state index contributed by atoms with van der Waals surface area (Å²) in [6.45, 7) is 3.70. The van der Waals surface area contributed by atoms with Gasteiger partial charge >= 0.3 is 0 Å². The Morgan fingerprint density at radius 3 is 3.11 bits per heavy atom. The summed E-state index contributed by atoms with van der Waals surface area (Å²) in [5, 5.41) is 6.13. The number of nitrogens with zero attached hydrogens (tertiary/aromatic N) is 2. The Hall–Kier alpha value is -1.07. The maximum Gasteiger partial charge on any atom is 0.180 e. The molecular weight excluding hydrogens is 296 g/mol. The largest absolute Gasteiger partial charge is 0.373 e.